The predicted octanol–water partition coefficient (Wildman–Crippen LogP) is 2.94. The summed E-state index contributed by atoms with van der Waals surface area (Å²) in [7, 11) is 0. The maximum atomic E-state index is 12.5. The van der Waals surface area contributed by atoms with Gasteiger partial charge in [0.15, 0.2) is 17.3 Å². The first-order valence-electron chi connectivity index (χ1n) is 9.12. The molecule has 0 amide bonds. The van der Waals surface area contributed by atoms with Gasteiger partial charge in [-0.2, -0.15) is 0 Å². The molecule has 2 aliphatic heterocycles. The fourth-order valence-electron chi connectivity index (χ4n) is 4.01. The van der Waals surface area contributed by atoms with Crippen molar-refractivity contribution in [2.24, 2.45) is 5.92 Å². The molecule has 1 saturated carbocycles. The minimum absolute atomic E-state index is 0.279. The van der Waals surface area contributed by atoms with E-state index in [0.29, 0.717) is 50.1 Å². The van der Waals surface area contributed by atoms with Crippen molar-refractivity contribution < 1.29 is 28.5 Å². The van der Waals surface area contributed by atoms with E-state index in [2.05, 4.69) is 0 Å². The topological polar surface area (TPSA) is 63.2 Å². The molecule has 1 aromatic rings. The summed E-state index contributed by atoms with van der Waals surface area (Å²) >= 11 is 0. The Morgan fingerprint density at radius 3 is 2.84 bits per heavy atom. The van der Waals surface area contributed by atoms with Crippen molar-refractivity contribution in [1.29, 1.82) is 0 Å². The number of hydrogen-bond acceptors (Lipinski definition) is 6. The number of benzene rings is 1. The van der Waals surface area contributed by atoms with Gasteiger partial charge in [-0.15, -0.1) is 0 Å². The third kappa shape index (κ3) is 3.33. The van der Waals surface area contributed by atoms with Gasteiger partial charge in [-0.05, 0) is 31.4 Å². The van der Waals surface area contributed by atoms with E-state index in [1.54, 1.807) is 18.2 Å². The van der Waals surface area contributed by atoms with E-state index in [1.165, 1.54) is 6.42 Å². The van der Waals surface area contributed by atoms with Gasteiger partial charge in [-0.25, -0.2) is 4.79 Å². The Hall–Kier alpha value is -1.79. The maximum absolute atomic E-state index is 12.5. The van der Waals surface area contributed by atoms with Crippen molar-refractivity contribution in [2.75, 3.05) is 33.0 Å². The van der Waals surface area contributed by atoms with Crippen LogP contribution in [-0.2, 0) is 14.2 Å². The Kier molecular flexibility index (Phi) is 4.81. The van der Waals surface area contributed by atoms with E-state index < -0.39 is 5.79 Å². The van der Waals surface area contributed by atoms with Crippen molar-refractivity contribution in [3.05, 3.63) is 23.8 Å². The Morgan fingerprint density at radius 1 is 1.12 bits per heavy atom. The molecule has 0 unspecified atom stereocenters. The van der Waals surface area contributed by atoms with Crippen molar-refractivity contribution >= 4 is 5.97 Å². The Bertz CT molecular complexity index is 622. The third-order valence-corrected chi connectivity index (χ3v) is 5.21. The lowest BCUT2D eigenvalue weighted by molar-refractivity contribution is -0.215. The summed E-state index contributed by atoms with van der Waals surface area (Å²) in [6.07, 6.45) is 5.03. The summed E-state index contributed by atoms with van der Waals surface area (Å²) in [6, 6.07) is 5.29. The molecule has 0 aromatic heterocycles. The lowest BCUT2D eigenvalue weighted by Crippen LogP contribution is -2.42. The molecule has 1 aliphatic carbocycles. The second kappa shape index (κ2) is 7.22. The third-order valence-electron chi connectivity index (χ3n) is 5.21. The highest BCUT2D eigenvalue weighted by molar-refractivity contribution is 5.93. The van der Waals surface area contributed by atoms with Crippen LogP contribution in [0.5, 0.6) is 11.5 Å². The zero-order chi connectivity index (χ0) is 17.1. The summed E-state index contributed by atoms with van der Waals surface area (Å²) in [5, 5.41) is 0. The fraction of sp³-hybridized carbons (Fsp3) is 0.632. The summed E-state index contributed by atoms with van der Waals surface area (Å²) in [5.41, 5.74) is 0.420. The predicted molar refractivity (Wildman–Crippen MR) is 88.9 cm³/mol. The quantitative estimate of drug-likeness (QED) is 0.780. The van der Waals surface area contributed by atoms with Crippen LogP contribution in [0.25, 0.3) is 0 Å². The van der Waals surface area contributed by atoms with E-state index in [1.807, 2.05) is 0 Å². The second-order valence-electron chi connectivity index (χ2n) is 6.71. The first kappa shape index (κ1) is 16.7. The van der Waals surface area contributed by atoms with Crippen LogP contribution in [0.3, 0.4) is 0 Å². The highest BCUT2D eigenvalue weighted by Crippen LogP contribution is 2.42. The van der Waals surface area contributed by atoms with Crippen LogP contribution >= 0.6 is 0 Å². The van der Waals surface area contributed by atoms with Crippen LogP contribution in [-0.4, -0.2) is 44.8 Å². The maximum Gasteiger partial charge on any atom is 0.342 e. The molecule has 1 saturated heterocycles. The van der Waals surface area contributed by atoms with Gasteiger partial charge in [-0.1, -0.05) is 12.5 Å². The molecular weight excluding hydrogens is 324 g/mol. The smallest absolute Gasteiger partial charge is 0.342 e. The van der Waals surface area contributed by atoms with Crippen LogP contribution < -0.4 is 9.47 Å². The molecule has 1 atom stereocenters. The van der Waals surface area contributed by atoms with Crippen LogP contribution in [0.15, 0.2) is 18.2 Å². The number of ether oxygens (including phenoxy) is 5. The van der Waals surface area contributed by atoms with Gasteiger partial charge in [0.1, 0.15) is 18.8 Å². The fourth-order valence-corrected chi connectivity index (χ4v) is 4.01. The summed E-state index contributed by atoms with van der Waals surface area (Å²) in [5.74, 6) is 0.532. The minimum Gasteiger partial charge on any atom is -0.486 e. The van der Waals surface area contributed by atoms with Crippen LogP contribution in [0.2, 0.25) is 0 Å². The molecule has 0 radical (unpaired) electrons. The lowest BCUT2D eigenvalue weighted by atomic mass is 9.81. The average molecular weight is 348 g/mol. The number of para-hydroxylation sites is 1. The number of carbonyl (C=O) groups is 1. The molecule has 6 nitrogen and oxygen atoms in total. The van der Waals surface area contributed by atoms with Gasteiger partial charge in [0.25, 0.3) is 0 Å². The second-order valence-corrected chi connectivity index (χ2v) is 6.71. The zero-order valence-electron chi connectivity index (χ0n) is 14.3. The number of carbonyl (C=O) groups excluding carboxylic acids is 1. The lowest BCUT2D eigenvalue weighted by Gasteiger charge is -2.39. The molecule has 2 fully saturated rings. The molecule has 6 heteroatoms. The van der Waals surface area contributed by atoms with Crippen molar-refractivity contribution in [3.63, 3.8) is 0 Å². The summed E-state index contributed by atoms with van der Waals surface area (Å²) in [4.78, 5) is 12.5. The number of hydrogen-bond donors (Lipinski definition) is 0. The first-order valence-corrected chi connectivity index (χ1v) is 9.12. The average Bonchev–Trinajstić information content (AvgIpc) is 3.12. The van der Waals surface area contributed by atoms with Crippen molar-refractivity contribution in [3.8, 4) is 11.5 Å². The normalized spacial score (nSPS) is 24.2. The standard InChI is InChI=1S/C19H24O6/c20-18(15-5-3-6-16-17(15)22-11-10-21-16)23-9-7-14-4-1-2-8-19(14)24-12-13-25-19/h3,5-6,14H,1-2,4,7-13H2/t14-/m1/s1. The van der Waals surface area contributed by atoms with Gasteiger partial charge in [0.2, 0.25) is 0 Å². The number of esters is 1. The molecule has 1 aromatic carbocycles. The van der Waals surface area contributed by atoms with E-state index in [4.69, 9.17) is 23.7 Å². The van der Waals surface area contributed by atoms with Gasteiger partial charge in [0, 0.05) is 12.3 Å². The molecule has 2 heterocycles. The van der Waals surface area contributed by atoms with E-state index in [9.17, 15) is 4.79 Å². The number of rotatable bonds is 4. The Morgan fingerprint density at radius 2 is 1.96 bits per heavy atom. The van der Waals surface area contributed by atoms with E-state index in [0.717, 1.165) is 25.7 Å². The molecule has 0 bridgehead atoms. The zero-order valence-corrected chi connectivity index (χ0v) is 14.3. The van der Waals surface area contributed by atoms with Crippen LogP contribution in [0.4, 0.5) is 0 Å². The highest BCUT2D eigenvalue weighted by atomic mass is 16.7. The van der Waals surface area contributed by atoms with E-state index >= 15 is 0 Å². The van der Waals surface area contributed by atoms with Crippen molar-refractivity contribution in [2.45, 2.75) is 37.9 Å². The molecule has 25 heavy (non-hydrogen) atoms. The summed E-state index contributed by atoms with van der Waals surface area (Å²) in [6.45, 7) is 2.60. The van der Waals surface area contributed by atoms with E-state index in [-0.39, 0.29) is 11.9 Å². The number of fused-ring (bicyclic) bond motifs is 1. The van der Waals surface area contributed by atoms with Crippen molar-refractivity contribution in [1.82, 2.24) is 0 Å². The molecule has 3 aliphatic rings. The first-order chi connectivity index (χ1) is 12.3. The van der Waals surface area contributed by atoms with Gasteiger partial charge in [0.05, 0.1) is 19.8 Å². The molecule has 136 valence electrons. The Labute approximate surface area is 147 Å². The largest absolute Gasteiger partial charge is 0.486 e. The molecular formula is C19H24O6. The summed E-state index contributed by atoms with van der Waals surface area (Å²) < 4.78 is 28.4. The SMILES string of the molecule is O=C(OCC[C@H]1CCCCC12OCCO2)c1cccc2c1OCCO2. The van der Waals surface area contributed by atoms with Crippen LogP contribution in [0.1, 0.15) is 42.5 Å². The van der Waals surface area contributed by atoms with Crippen LogP contribution in [0, 0.1) is 5.92 Å². The van der Waals surface area contributed by atoms with Gasteiger partial charge >= 0.3 is 5.97 Å². The molecule has 4 rings (SSSR count). The monoisotopic (exact) mass is 348 g/mol. The molecule has 0 N–H and O–H groups in total. The Balaban J connectivity index is 1.36. The van der Waals surface area contributed by atoms with Gasteiger partial charge < -0.3 is 23.7 Å². The highest BCUT2D eigenvalue weighted by Gasteiger charge is 2.45. The van der Waals surface area contributed by atoms with Gasteiger partial charge in [-0.3, -0.25) is 0 Å². The minimum atomic E-state index is -0.451. The molecule has 1 spiro atoms.